The second kappa shape index (κ2) is 20.9. The summed E-state index contributed by atoms with van der Waals surface area (Å²) < 4.78 is 61.2. The summed E-state index contributed by atoms with van der Waals surface area (Å²) in [6.45, 7) is -0.878. The van der Waals surface area contributed by atoms with Gasteiger partial charge in [0.05, 0.1) is 63.4 Å². The highest BCUT2D eigenvalue weighted by Crippen LogP contribution is 2.36. The summed E-state index contributed by atoms with van der Waals surface area (Å²) in [4.78, 5) is 69.9. The lowest BCUT2D eigenvalue weighted by atomic mass is 9.97. The number of ether oxygens (including phenoxy) is 11. The average Bonchev–Trinajstić information content (AvgIpc) is 3.32. The van der Waals surface area contributed by atoms with Crippen LogP contribution in [0.3, 0.4) is 0 Å². The number of phenols is 5. The monoisotopic (exact) mass is 930 g/mol. The molecule has 0 saturated carbocycles. The van der Waals surface area contributed by atoms with Crippen LogP contribution >= 0.6 is 0 Å². The Morgan fingerprint density at radius 1 is 0.403 bits per heavy atom. The van der Waals surface area contributed by atoms with Gasteiger partial charge in [-0.1, -0.05) is 0 Å². The van der Waals surface area contributed by atoms with Crippen LogP contribution in [-0.4, -0.2) is 128 Å². The van der Waals surface area contributed by atoms with Crippen molar-refractivity contribution in [3.63, 3.8) is 0 Å². The van der Waals surface area contributed by atoms with E-state index >= 15 is 0 Å². The Hall–Kier alpha value is -8.59. The molecule has 5 atom stereocenters. The molecule has 5 aromatic carbocycles. The third-order valence-corrected chi connectivity index (χ3v) is 10.00. The van der Waals surface area contributed by atoms with Crippen LogP contribution in [0.25, 0.3) is 0 Å². The van der Waals surface area contributed by atoms with E-state index in [4.69, 9.17) is 52.1 Å². The molecule has 1 aliphatic rings. The highest BCUT2D eigenvalue weighted by molar-refractivity contribution is 5.93. The van der Waals surface area contributed by atoms with Gasteiger partial charge in [0, 0.05) is 0 Å². The van der Waals surface area contributed by atoms with Crippen molar-refractivity contribution in [1.82, 2.24) is 0 Å². The number of esters is 5. The van der Waals surface area contributed by atoms with Gasteiger partial charge < -0.3 is 77.6 Å². The molecule has 1 fully saturated rings. The fourth-order valence-electron chi connectivity index (χ4n) is 6.52. The highest BCUT2D eigenvalue weighted by Gasteiger charge is 2.55. The van der Waals surface area contributed by atoms with Crippen molar-refractivity contribution in [3.05, 3.63) is 119 Å². The van der Waals surface area contributed by atoms with Crippen molar-refractivity contribution >= 4 is 29.8 Å². The van der Waals surface area contributed by atoms with Crippen LogP contribution in [0, 0.1) is 0 Å². The lowest BCUT2D eigenvalue weighted by molar-refractivity contribution is -0.282. The average molecular weight is 931 g/mol. The summed E-state index contributed by atoms with van der Waals surface area (Å²) in [5.41, 5.74) is -1.15. The van der Waals surface area contributed by atoms with Crippen LogP contribution in [0.4, 0.5) is 0 Å². The van der Waals surface area contributed by atoms with Crippen molar-refractivity contribution in [3.8, 4) is 57.5 Å². The molecule has 1 aliphatic heterocycles. The van der Waals surface area contributed by atoms with E-state index in [1.165, 1.54) is 41.6 Å². The van der Waals surface area contributed by atoms with E-state index in [0.29, 0.717) is 0 Å². The summed E-state index contributed by atoms with van der Waals surface area (Å²) in [7, 11) is 6.12. The van der Waals surface area contributed by atoms with E-state index in [1.54, 1.807) is 0 Å². The fourth-order valence-corrected chi connectivity index (χ4v) is 6.52. The molecule has 1 heterocycles. The number of carbonyl (C=O) groups excluding carboxylic acids is 5. The van der Waals surface area contributed by atoms with Gasteiger partial charge in [-0.15, -0.1) is 0 Å². The minimum absolute atomic E-state index is 0.0916. The van der Waals surface area contributed by atoms with Crippen molar-refractivity contribution in [1.29, 1.82) is 0 Å². The second-order valence-electron chi connectivity index (χ2n) is 14.1. The van der Waals surface area contributed by atoms with Crippen LogP contribution in [0.5, 0.6) is 57.5 Å². The van der Waals surface area contributed by atoms with Gasteiger partial charge in [-0.05, 0) is 91.0 Å². The Morgan fingerprint density at radius 3 is 1.01 bits per heavy atom. The quantitative estimate of drug-likeness (QED) is 0.0663. The first kappa shape index (κ1) is 47.9. The van der Waals surface area contributed by atoms with Crippen molar-refractivity contribution in [2.24, 2.45) is 0 Å². The zero-order valence-corrected chi connectivity index (χ0v) is 36.0. The maximum absolute atomic E-state index is 14.2. The van der Waals surface area contributed by atoms with Crippen LogP contribution in [-0.2, 0) is 28.4 Å². The van der Waals surface area contributed by atoms with Crippen molar-refractivity contribution in [2.75, 3.05) is 42.2 Å². The van der Waals surface area contributed by atoms with Gasteiger partial charge in [-0.25, -0.2) is 24.0 Å². The zero-order valence-electron chi connectivity index (χ0n) is 36.0. The second-order valence-corrected chi connectivity index (χ2v) is 14.1. The normalized spacial score (nSPS) is 17.5. The minimum atomic E-state index is -2.14. The Balaban J connectivity index is 1.50. The van der Waals surface area contributed by atoms with Crippen LogP contribution in [0.1, 0.15) is 51.8 Å². The Bertz CT molecular complexity index is 2660. The molecule has 0 spiro atoms. The summed E-state index contributed by atoms with van der Waals surface area (Å²) >= 11 is 0. The molecule has 0 amide bonds. The molecule has 6 rings (SSSR count). The molecule has 67 heavy (non-hydrogen) atoms. The van der Waals surface area contributed by atoms with Gasteiger partial charge in [-0.2, -0.15) is 0 Å². The Morgan fingerprint density at radius 2 is 0.687 bits per heavy atom. The Labute approximate surface area is 380 Å². The molecular weight excluding hydrogens is 888 g/mol. The Kier molecular flexibility index (Phi) is 15.0. The molecule has 352 valence electrons. The lowest BCUT2D eigenvalue weighted by Gasteiger charge is -2.43. The highest BCUT2D eigenvalue weighted by atomic mass is 16.7. The van der Waals surface area contributed by atoms with Crippen LogP contribution in [0.2, 0.25) is 0 Å². The van der Waals surface area contributed by atoms with E-state index in [9.17, 15) is 49.5 Å². The van der Waals surface area contributed by atoms with E-state index < -0.39 is 67.2 Å². The molecule has 5 aromatic rings. The van der Waals surface area contributed by atoms with Crippen LogP contribution < -0.4 is 23.7 Å². The minimum Gasteiger partial charge on any atom is -0.504 e. The third-order valence-electron chi connectivity index (χ3n) is 10.00. The fraction of sp³-hybridized carbons (Fsp3) is 0.239. The number of phenolic OH excluding ortho intramolecular Hbond substituents is 5. The van der Waals surface area contributed by atoms with E-state index in [1.807, 2.05) is 0 Å². The first-order chi connectivity index (χ1) is 32.1. The largest absolute Gasteiger partial charge is 0.504 e. The first-order valence-corrected chi connectivity index (χ1v) is 19.6. The smallest absolute Gasteiger partial charge is 0.340 e. The SMILES string of the molecule is COc1cc(C(=O)OC[C@H]2O[C@H](OC(=O)c3ccc(O)c(OC)c3)[C@H](OC(=O)c3ccc(O)c(OC)c3)[C@@H](OC(=O)c3ccc(O)c(OC)c3)[C@@H]2OC(=O)c2ccc(O)c(OC)c2)ccc1O. The van der Waals surface area contributed by atoms with E-state index in [2.05, 4.69) is 0 Å². The number of hydrogen-bond donors (Lipinski definition) is 5. The predicted octanol–water partition coefficient (Wildman–Crippen LogP) is 4.67. The molecule has 0 aromatic heterocycles. The summed E-state index contributed by atoms with van der Waals surface area (Å²) in [5.74, 6) is -8.26. The summed E-state index contributed by atoms with van der Waals surface area (Å²) in [5, 5.41) is 51.1. The molecule has 21 heteroatoms. The van der Waals surface area contributed by atoms with Crippen molar-refractivity contribution in [2.45, 2.75) is 30.7 Å². The number of methoxy groups -OCH3 is 5. The predicted molar refractivity (Wildman–Crippen MR) is 225 cm³/mol. The molecule has 0 aliphatic carbocycles. The molecule has 1 saturated heterocycles. The van der Waals surface area contributed by atoms with E-state index in [-0.39, 0.29) is 85.3 Å². The molecular formula is C46H42O21. The zero-order chi connectivity index (χ0) is 48.5. The number of aromatic hydroxyl groups is 5. The van der Waals surface area contributed by atoms with Gasteiger partial charge in [0.2, 0.25) is 12.4 Å². The molecule has 0 bridgehead atoms. The molecule has 5 N–H and O–H groups in total. The van der Waals surface area contributed by atoms with Gasteiger partial charge in [-0.3, -0.25) is 0 Å². The van der Waals surface area contributed by atoms with Gasteiger partial charge in [0.25, 0.3) is 0 Å². The maximum atomic E-state index is 14.2. The van der Waals surface area contributed by atoms with Gasteiger partial charge >= 0.3 is 29.8 Å². The number of hydrogen-bond acceptors (Lipinski definition) is 21. The van der Waals surface area contributed by atoms with Crippen LogP contribution in [0.15, 0.2) is 91.0 Å². The molecule has 21 nitrogen and oxygen atoms in total. The third kappa shape index (κ3) is 10.9. The van der Waals surface area contributed by atoms with E-state index in [0.717, 1.165) is 84.9 Å². The lowest BCUT2D eigenvalue weighted by Crippen LogP contribution is -2.63. The standard InChI is InChI=1S/C46H42O21/c1-57-32-16-22(6-11-27(32)47)41(52)62-21-37-38(64-42(53)23-7-12-28(48)33(17-23)58-2)39(65-43(54)24-8-13-29(49)34(18-24)59-3)40(66-44(55)25-9-14-30(50)35(19-25)60-4)46(63-37)67-45(56)26-10-15-31(51)36(20-26)61-5/h6-20,37-40,46-51H,21H2,1-5H3/t37-,38-,39+,40-,46-/m1/s1. The van der Waals surface area contributed by atoms with Crippen molar-refractivity contribution < 1.29 is 102 Å². The summed E-state index contributed by atoms with van der Waals surface area (Å²) in [6.07, 6.45) is -10.1. The summed E-state index contributed by atoms with van der Waals surface area (Å²) in [6, 6.07) is 17.0. The topological polar surface area (TPSA) is 288 Å². The number of carbonyl (C=O) groups is 5. The molecule has 0 radical (unpaired) electrons. The first-order valence-electron chi connectivity index (χ1n) is 19.6. The maximum Gasteiger partial charge on any atom is 0.340 e. The van der Waals surface area contributed by atoms with Gasteiger partial charge in [0.1, 0.15) is 12.7 Å². The number of benzene rings is 5. The van der Waals surface area contributed by atoms with Gasteiger partial charge in [0.15, 0.2) is 69.7 Å². The molecule has 0 unspecified atom stereocenters. The number of rotatable bonds is 16.